The van der Waals surface area contributed by atoms with Gasteiger partial charge in [-0.2, -0.15) is 0 Å². The van der Waals surface area contributed by atoms with E-state index in [4.69, 9.17) is 4.74 Å². The lowest BCUT2D eigenvalue weighted by Crippen LogP contribution is -2.44. The summed E-state index contributed by atoms with van der Waals surface area (Å²) in [7, 11) is -2.99. The van der Waals surface area contributed by atoms with Gasteiger partial charge in [0, 0.05) is 19.3 Å². The molecule has 0 N–H and O–H groups in total. The van der Waals surface area contributed by atoms with Crippen molar-refractivity contribution in [1.82, 2.24) is 4.90 Å². The molecule has 6 heteroatoms. The molecule has 1 atom stereocenters. The summed E-state index contributed by atoms with van der Waals surface area (Å²) in [5, 5.41) is 0. The molecule has 0 aliphatic carbocycles. The van der Waals surface area contributed by atoms with Gasteiger partial charge in [-0.25, -0.2) is 13.2 Å². The van der Waals surface area contributed by atoms with Gasteiger partial charge in [0.05, 0.1) is 5.75 Å². The summed E-state index contributed by atoms with van der Waals surface area (Å²) in [5.74, 6) is 0.174. The summed E-state index contributed by atoms with van der Waals surface area (Å²) < 4.78 is 27.8. The Morgan fingerprint density at radius 2 is 2.00 bits per heavy atom. The van der Waals surface area contributed by atoms with E-state index < -0.39 is 15.4 Å². The Labute approximate surface area is 109 Å². The van der Waals surface area contributed by atoms with Crippen LogP contribution in [0.1, 0.15) is 33.6 Å². The van der Waals surface area contributed by atoms with Crippen molar-refractivity contribution in [2.24, 2.45) is 5.92 Å². The van der Waals surface area contributed by atoms with Gasteiger partial charge >= 0.3 is 6.09 Å². The molecule has 0 aromatic heterocycles. The quantitative estimate of drug-likeness (QED) is 0.770. The fourth-order valence-corrected chi connectivity index (χ4v) is 3.25. The maximum absolute atomic E-state index is 11.9. The first-order valence-corrected chi connectivity index (χ1v) is 8.28. The average molecular weight is 277 g/mol. The molecule has 1 rings (SSSR count). The van der Waals surface area contributed by atoms with Crippen LogP contribution in [0.25, 0.3) is 0 Å². The minimum Gasteiger partial charge on any atom is -0.444 e. The van der Waals surface area contributed by atoms with Gasteiger partial charge in [0.25, 0.3) is 0 Å². The molecule has 1 heterocycles. The molecule has 1 aliphatic rings. The fraction of sp³-hybridized carbons (Fsp3) is 0.917. The standard InChI is InChI=1S/C12H23NO4S/c1-12(2,3)17-11(14)13-7-5-6-10(8-13)9-18(4,15)16/h10H,5-9H2,1-4H3/t10-/m1/s1. The zero-order valence-corrected chi connectivity index (χ0v) is 12.4. The lowest BCUT2D eigenvalue weighted by molar-refractivity contribution is 0.0176. The summed E-state index contributed by atoms with van der Waals surface area (Å²) in [6, 6.07) is 0. The van der Waals surface area contributed by atoms with E-state index in [0.29, 0.717) is 13.1 Å². The molecule has 0 unspecified atom stereocenters. The van der Waals surface area contributed by atoms with E-state index in [1.807, 2.05) is 20.8 Å². The predicted octanol–water partition coefficient (Wildman–Crippen LogP) is 1.68. The summed E-state index contributed by atoms with van der Waals surface area (Å²) in [5.41, 5.74) is -0.513. The van der Waals surface area contributed by atoms with Crippen molar-refractivity contribution in [2.45, 2.75) is 39.2 Å². The third kappa shape index (κ3) is 5.71. The van der Waals surface area contributed by atoms with E-state index in [1.54, 1.807) is 4.90 Å². The van der Waals surface area contributed by atoms with Gasteiger partial charge in [-0.3, -0.25) is 0 Å². The zero-order valence-electron chi connectivity index (χ0n) is 11.6. The summed E-state index contributed by atoms with van der Waals surface area (Å²) in [4.78, 5) is 13.5. The normalized spacial score (nSPS) is 21.8. The molecule has 5 nitrogen and oxygen atoms in total. The van der Waals surface area contributed by atoms with E-state index in [0.717, 1.165) is 12.8 Å². The predicted molar refractivity (Wildman–Crippen MR) is 70.2 cm³/mol. The number of carbonyl (C=O) groups is 1. The van der Waals surface area contributed by atoms with E-state index >= 15 is 0 Å². The highest BCUT2D eigenvalue weighted by Crippen LogP contribution is 2.20. The molecule has 106 valence electrons. The molecule has 0 aromatic rings. The Kier molecular flexibility index (Phi) is 4.64. The number of hydrogen-bond acceptors (Lipinski definition) is 4. The second kappa shape index (κ2) is 5.47. The van der Waals surface area contributed by atoms with Crippen LogP contribution in [0.15, 0.2) is 0 Å². The van der Waals surface area contributed by atoms with Crippen LogP contribution in [0.2, 0.25) is 0 Å². The van der Waals surface area contributed by atoms with Crippen LogP contribution >= 0.6 is 0 Å². The molecule has 0 bridgehead atoms. The van der Waals surface area contributed by atoms with E-state index in [9.17, 15) is 13.2 Å². The number of likely N-dealkylation sites (tertiary alicyclic amines) is 1. The van der Waals surface area contributed by atoms with Gasteiger partial charge < -0.3 is 9.64 Å². The lowest BCUT2D eigenvalue weighted by Gasteiger charge is -2.33. The van der Waals surface area contributed by atoms with Crippen LogP contribution in [0, 0.1) is 5.92 Å². The number of hydrogen-bond donors (Lipinski definition) is 0. The SMILES string of the molecule is CC(C)(C)OC(=O)N1CCC[C@@H](CS(C)(=O)=O)C1. The smallest absolute Gasteiger partial charge is 0.410 e. The first-order valence-electron chi connectivity index (χ1n) is 6.22. The molecule has 1 aliphatic heterocycles. The third-order valence-corrected chi connectivity index (χ3v) is 3.79. The Morgan fingerprint density at radius 3 is 2.50 bits per heavy atom. The van der Waals surface area contributed by atoms with Crippen molar-refractivity contribution in [1.29, 1.82) is 0 Å². The molecule has 1 saturated heterocycles. The van der Waals surface area contributed by atoms with Crippen molar-refractivity contribution >= 4 is 15.9 Å². The van der Waals surface area contributed by atoms with Gasteiger partial charge in [0.15, 0.2) is 0 Å². The molecule has 1 fully saturated rings. The molecule has 0 spiro atoms. The summed E-state index contributed by atoms with van der Waals surface area (Å²) in [6.07, 6.45) is 2.58. The van der Waals surface area contributed by atoms with Crippen LogP contribution in [-0.2, 0) is 14.6 Å². The molecule has 0 radical (unpaired) electrons. The van der Waals surface area contributed by atoms with Crippen molar-refractivity contribution in [3.8, 4) is 0 Å². The molecule has 0 aromatic carbocycles. The van der Waals surface area contributed by atoms with Crippen LogP contribution in [0.5, 0.6) is 0 Å². The number of nitrogens with zero attached hydrogens (tertiary/aromatic N) is 1. The molecule has 0 saturated carbocycles. The first-order chi connectivity index (χ1) is 8.07. The Morgan fingerprint density at radius 1 is 1.39 bits per heavy atom. The zero-order chi connectivity index (χ0) is 14.0. The number of carbonyl (C=O) groups excluding carboxylic acids is 1. The van der Waals surface area contributed by atoms with E-state index in [-0.39, 0.29) is 17.8 Å². The van der Waals surface area contributed by atoms with Crippen molar-refractivity contribution < 1.29 is 17.9 Å². The minimum atomic E-state index is -2.99. The molecule has 18 heavy (non-hydrogen) atoms. The number of rotatable bonds is 2. The second-order valence-corrected chi connectivity index (χ2v) is 8.21. The lowest BCUT2D eigenvalue weighted by atomic mass is 10.0. The van der Waals surface area contributed by atoms with Gasteiger partial charge in [-0.15, -0.1) is 0 Å². The van der Waals surface area contributed by atoms with Crippen LogP contribution in [0.4, 0.5) is 4.79 Å². The van der Waals surface area contributed by atoms with Crippen LogP contribution in [-0.4, -0.2) is 50.1 Å². The van der Waals surface area contributed by atoms with Gasteiger partial charge in [0.2, 0.25) is 0 Å². The van der Waals surface area contributed by atoms with Crippen molar-refractivity contribution in [3.63, 3.8) is 0 Å². The van der Waals surface area contributed by atoms with Gasteiger partial charge in [-0.05, 0) is 39.5 Å². The second-order valence-electron chi connectivity index (χ2n) is 6.03. The monoisotopic (exact) mass is 277 g/mol. The van der Waals surface area contributed by atoms with Crippen molar-refractivity contribution in [2.75, 3.05) is 25.1 Å². The van der Waals surface area contributed by atoms with Gasteiger partial charge in [0.1, 0.15) is 15.4 Å². The van der Waals surface area contributed by atoms with Crippen LogP contribution in [0.3, 0.4) is 0 Å². The fourth-order valence-electron chi connectivity index (χ4n) is 2.12. The molecule has 1 amide bonds. The highest BCUT2D eigenvalue weighted by atomic mass is 32.2. The Bertz CT molecular complexity index is 397. The topological polar surface area (TPSA) is 63.7 Å². The van der Waals surface area contributed by atoms with E-state index in [1.165, 1.54) is 6.26 Å². The number of amides is 1. The van der Waals surface area contributed by atoms with Gasteiger partial charge in [-0.1, -0.05) is 0 Å². The first kappa shape index (κ1) is 15.3. The highest BCUT2D eigenvalue weighted by molar-refractivity contribution is 7.90. The average Bonchev–Trinajstić information content (AvgIpc) is 2.12. The third-order valence-electron chi connectivity index (χ3n) is 2.71. The molecular weight excluding hydrogens is 254 g/mol. The summed E-state index contributed by atoms with van der Waals surface area (Å²) >= 11 is 0. The maximum Gasteiger partial charge on any atom is 0.410 e. The van der Waals surface area contributed by atoms with Crippen molar-refractivity contribution in [3.05, 3.63) is 0 Å². The Balaban J connectivity index is 2.56. The minimum absolute atomic E-state index is 0.0290. The summed E-state index contributed by atoms with van der Waals surface area (Å²) in [6.45, 7) is 6.59. The number of sulfone groups is 1. The van der Waals surface area contributed by atoms with Crippen LogP contribution < -0.4 is 0 Å². The number of piperidine rings is 1. The molecular formula is C12H23NO4S. The highest BCUT2D eigenvalue weighted by Gasteiger charge is 2.28. The number of ether oxygens (including phenoxy) is 1. The van der Waals surface area contributed by atoms with E-state index in [2.05, 4.69) is 0 Å². The largest absolute Gasteiger partial charge is 0.444 e. The Hall–Kier alpha value is -0.780. The maximum atomic E-state index is 11.9.